The number of benzene rings is 1. The van der Waals surface area contributed by atoms with Crippen LogP contribution < -0.4 is 19.9 Å². The molecule has 0 amide bonds. The smallest absolute Gasteiger partial charge is 0.231 e. The van der Waals surface area contributed by atoms with Crippen LogP contribution in [0.2, 0.25) is 0 Å². The van der Waals surface area contributed by atoms with Gasteiger partial charge >= 0.3 is 0 Å². The number of nitrogens with zero attached hydrogens (tertiary/aromatic N) is 1. The van der Waals surface area contributed by atoms with E-state index >= 15 is 0 Å². The van der Waals surface area contributed by atoms with E-state index in [2.05, 4.69) is 11.8 Å². The summed E-state index contributed by atoms with van der Waals surface area (Å²) in [5, 5.41) is 0. The fraction of sp³-hybridized carbons (Fsp3) is 0.600. The number of methoxy groups -OCH3 is 1. The molecule has 2 atom stereocenters. The Morgan fingerprint density at radius 1 is 1.40 bits per heavy atom. The van der Waals surface area contributed by atoms with Gasteiger partial charge in [-0.2, -0.15) is 0 Å². The van der Waals surface area contributed by atoms with Crippen LogP contribution in [0.15, 0.2) is 12.1 Å². The lowest BCUT2D eigenvalue weighted by Gasteiger charge is -2.36. The zero-order valence-electron chi connectivity index (χ0n) is 12.1. The predicted octanol–water partition coefficient (Wildman–Crippen LogP) is 1.74. The molecule has 1 aromatic rings. The molecule has 20 heavy (non-hydrogen) atoms. The number of hydrogen-bond acceptors (Lipinski definition) is 5. The van der Waals surface area contributed by atoms with Crippen LogP contribution in [-0.4, -0.2) is 37.4 Å². The van der Waals surface area contributed by atoms with E-state index in [1.165, 1.54) is 5.56 Å². The molecule has 2 heterocycles. The van der Waals surface area contributed by atoms with Gasteiger partial charge in [-0.05, 0) is 37.5 Å². The second-order valence-electron chi connectivity index (χ2n) is 5.64. The quantitative estimate of drug-likeness (QED) is 0.912. The molecular weight excluding hydrogens is 256 g/mol. The van der Waals surface area contributed by atoms with Gasteiger partial charge in [0.25, 0.3) is 0 Å². The van der Waals surface area contributed by atoms with E-state index in [-0.39, 0.29) is 6.79 Å². The molecule has 3 rings (SSSR count). The van der Waals surface area contributed by atoms with Crippen molar-refractivity contribution in [3.63, 3.8) is 0 Å². The standard InChI is InChI=1S/C15H22N2O3/c1-10-5-12(16)3-4-17(10)8-11-6-13(18-2)15-14(7-11)19-9-20-15/h6-7,10,12H,3-5,8-9,16H2,1-2H3. The minimum atomic E-state index is 0.268. The number of piperidine rings is 1. The van der Waals surface area contributed by atoms with Gasteiger partial charge in [-0.3, -0.25) is 4.90 Å². The Morgan fingerprint density at radius 3 is 3.00 bits per heavy atom. The van der Waals surface area contributed by atoms with Crippen LogP contribution in [-0.2, 0) is 6.54 Å². The summed E-state index contributed by atoms with van der Waals surface area (Å²) in [7, 11) is 1.66. The third kappa shape index (κ3) is 2.55. The molecule has 0 aliphatic carbocycles. The van der Waals surface area contributed by atoms with Crippen molar-refractivity contribution in [3.05, 3.63) is 17.7 Å². The highest BCUT2D eigenvalue weighted by atomic mass is 16.7. The molecule has 2 aliphatic rings. The molecule has 0 aromatic heterocycles. The van der Waals surface area contributed by atoms with Crippen molar-refractivity contribution in [3.8, 4) is 17.2 Å². The number of rotatable bonds is 3. The van der Waals surface area contributed by atoms with Crippen LogP contribution in [0.3, 0.4) is 0 Å². The zero-order chi connectivity index (χ0) is 14.1. The maximum Gasteiger partial charge on any atom is 0.231 e. The van der Waals surface area contributed by atoms with Crippen LogP contribution in [0, 0.1) is 0 Å². The Kier molecular flexibility index (Phi) is 3.72. The monoisotopic (exact) mass is 278 g/mol. The molecular formula is C15H22N2O3. The number of ether oxygens (including phenoxy) is 3. The van der Waals surface area contributed by atoms with Crippen molar-refractivity contribution >= 4 is 0 Å². The Bertz CT molecular complexity index is 492. The largest absolute Gasteiger partial charge is 0.493 e. The summed E-state index contributed by atoms with van der Waals surface area (Å²) >= 11 is 0. The summed E-state index contributed by atoms with van der Waals surface area (Å²) < 4.78 is 16.3. The molecule has 2 unspecified atom stereocenters. The van der Waals surface area contributed by atoms with Gasteiger partial charge < -0.3 is 19.9 Å². The summed E-state index contributed by atoms with van der Waals surface area (Å²) in [6, 6.07) is 4.93. The minimum absolute atomic E-state index is 0.268. The molecule has 2 aliphatic heterocycles. The molecule has 1 aromatic carbocycles. The summed E-state index contributed by atoms with van der Waals surface area (Å²) in [6.45, 7) is 4.44. The summed E-state index contributed by atoms with van der Waals surface area (Å²) in [6.07, 6.45) is 2.12. The summed E-state index contributed by atoms with van der Waals surface area (Å²) in [5.41, 5.74) is 7.21. The first-order chi connectivity index (χ1) is 9.67. The van der Waals surface area contributed by atoms with Crippen molar-refractivity contribution in [1.29, 1.82) is 0 Å². The van der Waals surface area contributed by atoms with Crippen LogP contribution >= 0.6 is 0 Å². The molecule has 1 fully saturated rings. The second-order valence-corrected chi connectivity index (χ2v) is 5.64. The highest BCUT2D eigenvalue weighted by Crippen LogP contribution is 2.42. The maximum atomic E-state index is 6.02. The number of nitrogens with two attached hydrogens (primary N) is 1. The molecule has 0 bridgehead atoms. The lowest BCUT2D eigenvalue weighted by atomic mass is 9.98. The van der Waals surface area contributed by atoms with E-state index in [9.17, 15) is 0 Å². The predicted molar refractivity (Wildman–Crippen MR) is 76.2 cm³/mol. The van der Waals surface area contributed by atoms with Gasteiger partial charge in [0.2, 0.25) is 12.5 Å². The van der Waals surface area contributed by atoms with Crippen molar-refractivity contribution in [2.24, 2.45) is 5.73 Å². The van der Waals surface area contributed by atoms with Crippen molar-refractivity contribution in [2.75, 3.05) is 20.4 Å². The molecule has 1 saturated heterocycles. The van der Waals surface area contributed by atoms with Crippen molar-refractivity contribution in [1.82, 2.24) is 4.90 Å². The lowest BCUT2D eigenvalue weighted by molar-refractivity contribution is 0.139. The zero-order valence-corrected chi connectivity index (χ0v) is 12.1. The van der Waals surface area contributed by atoms with Gasteiger partial charge in [0.15, 0.2) is 11.5 Å². The van der Waals surface area contributed by atoms with Gasteiger partial charge in [0.1, 0.15) is 0 Å². The normalized spacial score (nSPS) is 25.8. The molecule has 5 heteroatoms. The number of hydrogen-bond donors (Lipinski definition) is 1. The van der Waals surface area contributed by atoms with Crippen molar-refractivity contribution < 1.29 is 14.2 Å². The van der Waals surface area contributed by atoms with Crippen LogP contribution in [0.1, 0.15) is 25.3 Å². The Labute approximate surface area is 119 Å². The van der Waals surface area contributed by atoms with E-state index in [0.717, 1.165) is 37.4 Å². The maximum absolute atomic E-state index is 6.02. The third-order valence-corrected chi connectivity index (χ3v) is 4.16. The van der Waals surface area contributed by atoms with E-state index in [0.29, 0.717) is 17.8 Å². The second kappa shape index (κ2) is 5.50. The average Bonchev–Trinajstić information content (AvgIpc) is 2.89. The average molecular weight is 278 g/mol. The molecule has 0 radical (unpaired) electrons. The molecule has 110 valence electrons. The molecule has 0 spiro atoms. The molecule has 0 saturated carbocycles. The number of fused-ring (bicyclic) bond motifs is 1. The Balaban J connectivity index is 1.78. The summed E-state index contributed by atoms with van der Waals surface area (Å²) in [4.78, 5) is 2.46. The van der Waals surface area contributed by atoms with Crippen LogP contribution in [0.25, 0.3) is 0 Å². The lowest BCUT2D eigenvalue weighted by Crippen LogP contribution is -2.44. The highest BCUT2D eigenvalue weighted by Gasteiger charge is 2.25. The Hall–Kier alpha value is -1.46. The van der Waals surface area contributed by atoms with Gasteiger partial charge in [-0.25, -0.2) is 0 Å². The fourth-order valence-corrected chi connectivity index (χ4v) is 3.00. The first-order valence-corrected chi connectivity index (χ1v) is 7.13. The van der Waals surface area contributed by atoms with Gasteiger partial charge in [0, 0.05) is 25.2 Å². The van der Waals surface area contributed by atoms with Crippen LogP contribution in [0.4, 0.5) is 0 Å². The van der Waals surface area contributed by atoms with E-state index in [4.69, 9.17) is 19.9 Å². The Morgan fingerprint density at radius 2 is 2.25 bits per heavy atom. The van der Waals surface area contributed by atoms with Gasteiger partial charge in [0.05, 0.1) is 7.11 Å². The molecule has 5 nitrogen and oxygen atoms in total. The minimum Gasteiger partial charge on any atom is -0.493 e. The topological polar surface area (TPSA) is 57.0 Å². The van der Waals surface area contributed by atoms with E-state index in [1.54, 1.807) is 7.11 Å². The van der Waals surface area contributed by atoms with Crippen molar-refractivity contribution in [2.45, 2.75) is 38.4 Å². The SMILES string of the molecule is COc1cc(CN2CCC(N)CC2C)cc2c1OCO2. The van der Waals surface area contributed by atoms with E-state index < -0.39 is 0 Å². The summed E-state index contributed by atoms with van der Waals surface area (Å²) in [5.74, 6) is 2.24. The fourth-order valence-electron chi connectivity index (χ4n) is 3.00. The first-order valence-electron chi connectivity index (χ1n) is 7.13. The third-order valence-electron chi connectivity index (χ3n) is 4.16. The van der Waals surface area contributed by atoms with E-state index in [1.807, 2.05) is 12.1 Å². The highest BCUT2D eigenvalue weighted by molar-refractivity contribution is 5.55. The van der Waals surface area contributed by atoms with Crippen LogP contribution in [0.5, 0.6) is 17.2 Å². The molecule has 2 N–H and O–H groups in total. The van der Waals surface area contributed by atoms with Gasteiger partial charge in [-0.15, -0.1) is 0 Å². The first kappa shape index (κ1) is 13.5. The van der Waals surface area contributed by atoms with Gasteiger partial charge in [-0.1, -0.05) is 0 Å². The number of likely N-dealkylation sites (tertiary alicyclic amines) is 1.